The Morgan fingerprint density at radius 3 is 2.76 bits per heavy atom. The molecule has 1 fully saturated rings. The molecule has 1 aliphatic carbocycles. The average Bonchev–Trinajstić information content (AvgIpc) is 2.28. The molecule has 17 heavy (non-hydrogen) atoms. The van der Waals surface area contributed by atoms with Crippen LogP contribution in [-0.4, -0.2) is 17.1 Å². The lowest BCUT2D eigenvalue weighted by Gasteiger charge is -2.26. The van der Waals surface area contributed by atoms with Crippen molar-refractivity contribution in [1.29, 1.82) is 0 Å². The fourth-order valence-corrected chi connectivity index (χ4v) is 2.07. The lowest BCUT2D eigenvalue weighted by molar-refractivity contribution is 0.115. The molecule has 3 N–H and O–H groups in total. The summed E-state index contributed by atoms with van der Waals surface area (Å²) >= 11 is 3.08. The predicted molar refractivity (Wildman–Crippen MR) is 64.9 cm³/mol. The summed E-state index contributed by atoms with van der Waals surface area (Å²) < 4.78 is 19.5. The number of hydrogen-bond donors (Lipinski definition) is 2. The van der Waals surface area contributed by atoms with Crippen molar-refractivity contribution >= 4 is 21.8 Å². The number of halogens is 2. The van der Waals surface area contributed by atoms with Crippen molar-refractivity contribution in [3.05, 3.63) is 28.0 Å². The number of amidine groups is 1. The van der Waals surface area contributed by atoms with E-state index in [1.54, 1.807) is 6.07 Å². The molecule has 0 bridgehead atoms. The minimum Gasteiger partial charge on any atom is -0.487 e. The number of rotatable bonds is 3. The molecule has 0 aliphatic heterocycles. The van der Waals surface area contributed by atoms with E-state index < -0.39 is 5.82 Å². The lowest BCUT2D eigenvalue weighted by atomic mass is 9.96. The summed E-state index contributed by atoms with van der Waals surface area (Å²) in [6.45, 7) is 0. The first-order valence-corrected chi connectivity index (χ1v) is 6.05. The van der Waals surface area contributed by atoms with Gasteiger partial charge in [-0.05, 0) is 47.3 Å². The van der Waals surface area contributed by atoms with Gasteiger partial charge in [0.05, 0.1) is 10.6 Å². The number of ether oxygens (including phenoxy) is 1. The van der Waals surface area contributed by atoms with E-state index in [9.17, 15) is 4.39 Å². The van der Waals surface area contributed by atoms with Gasteiger partial charge in [0.2, 0.25) is 0 Å². The molecule has 1 aromatic carbocycles. The SMILES string of the molecule is N/C(=N/O)c1ccc(OC2CCC2)c(F)c1Br. The normalized spacial score (nSPS) is 16.7. The maximum absolute atomic E-state index is 13.9. The van der Waals surface area contributed by atoms with Gasteiger partial charge in [-0.3, -0.25) is 0 Å². The fraction of sp³-hybridized carbons (Fsp3) is 0.364. The molecule has 0 saturated heterocycles. The van der Waals surface area contributed by atoms with Gasteiger partial charge in [-0.2, -0.15) is 0 Å². The van der Waals surface area contributed by atoms with Gasteiger partial charge in [0.25, 0.3) is 0 Å². The summed E-state index contributed by atoms with van der Waals surface area (Å²) in [6.07, 6.45) is 3.14. The molecule has 0 atom stereocenters. The molecule has 1 aliphatic rings. The summed E-state index contributed by atoms with van der Waals surface area (Å²) in [5.74, 6) is -0.483. The molecule has 6 heteroatoms. The molecule has 1 aromatic rings. The standard InChI is InChI=1S/C11H12BrFN2O2/c12-9-7(11(14)15-16)4-5-8(10(9)13)17-6-2-1-3-6/h4-6,16H,1-3H2,(H2,14,15). The molecular weight excluding hydrogens is 291 g/mol. The van der Waals surface area contributed by atoms with Crippen LogP contribution in [0, 0.1) is 5.82 Å². The maximum Gasteiger partial charge on any atom is 0.179 e. The van der Waals surface area contributed by atoms with E-state index in [1.165, 1.54) is 6.07 Å². The Bertz CT molecular complexity index is 461. The molecule has 0 radical (unpaired) electrons. The molecule has 1 saturated carbocycles. The van der Waals surface area contributed by atoms with Crippen molar-refractivity contribution < 1.29 is 14.3 Å². The summed E-state index contributed by atoms with van der Waals surface area (Å²) in [5, 5.41) is 11.4. The first kappa shape index (κ1) is 12.2. The Morgan fingerprint density at radius 1 is 1.53 bits per heavy atom. The minimum absolute atomic E-state index is 0.103. The second-order valence-corrected chi connectivity index (χ2v) is 4.69. The van der Waals surface area contributed by atoms with Crippen LogP contribution in [0.15, 0.2) is 21.8 Å². The molecule has 0 amide bonds. The van der Waals surface area contributed by atoms with E-state index in [2.05, 4.69) is 21.1 Å². The minimum atomic E-state index is -0.527. The van der Waals surface area contributed by atoms with E-state index >= 15 is 0 Å². The molecule has 92 valence electrons. The van der Waals surface area contributed by atoms with E-state index in [0.29, 0.717) is 5.56 Å². The van der Waals surface area contributed by atoms with Crippen LogP contribution in [-0.2, 0) is 0 Å². The molecular formula is C11H12BrFN2O2. The highest BCUT2D eigenvalue weighted by Gasteiger charge is 2.22. The highest BCUT2D eigenvalue weighted by molar-refractivity contribution is 9.10. The summed E-state index contributed by atoms with van der Waals surface area (Å²) in [4.78, 5) is 0. The van der Waals surface area contributed by atoms with Crippen LogP contribution in [0.1, 0.15) is 24.8 Å². The number of nitrogens with two attached hydrogens (primary N) is 1. The van der Waals surface area contributed by atoms with Gasteiger partial charge in [0, 0.05) is 5.56 Å². The van der Waals surface area contributed by atoms with E-state index in [-0.39, 0.29) is 22.2 Å². The fourth-order valence-electron chi connectivity index (χ4n) is 1.54. The van der Waals surface area contributed by atoms with Gasteiger partial charge in [0.15, 0.2) is 17.4 Å². The summed E-state index contributed by atoms with van der Waals surface area (Å²) in [6, 6.07) is 3.04. The molecule has 4 nitrogen and oxygen atoms in total. The van der Waals surface area contributed by atoms with Gasteiger partial charge < -0.3 is 15.7 Å². The van der Waals surface area contributed by atoms with Gasteiger partial charge in [0.1, 0.15) is 0 Å². The maximum atomic E-state index is 13.9. The first-order chi connectivity index (χ1) is 8.13. The van der Waals surface area contributed by atoms with Crippen molar-refractivity contribution in [2.75, 3.05) is 0 Å². The molecule has 0 unspecified atom stereocenters. The zero-order valence-corrected chi connectivity index (χ0v) is 10.6. The van der Waals surface area contributed by atoms with Crippen LogP contribution in [0.25, 0.3) is 0 Å². The third-order valence-electron chi connectivity index (χ3n) is 2.78. The second kappa shape index (κ2) is 4.91. The second-order valence-electron chi connectivity index (χ2n) is 3.90. The van der Waals surface area contributed by atoms with Crippen molar-refractivity contribution in [2.24, 2.45) is 10.9 Å². The highest BCUT2D eigenvalue weighted by atomic mass is 79.9. The Kier molecular flexibility index (Phi) is 3.51. The third-order valence-corrected chi connectivity index (χ3v) is 3.55. The quantitative estimate of drug-likeness (QED) is 0.390. The topological polar surface area (TPSA) is 67.8 Å². The number of benzene rings is 1. The average molecular weight is 303 g/mol. The largest absolute Gasteiger partial charge is 0.487 e. The van der Waals surface area contributed by atoms with Crippen LogP contribution in [0.3, 0.4) is 0 Å². The van der Waals surface area contributed by atoms with Gasteiger partial charge in [-0.25, -0.2) is 4.39 Å². The Balaban J connectivity index is 2.28. The van der Waals surface area contributed by atoms with Gasteiger partial charge in [-0.15, -0.1) is 0 Å². The number of hydrogen-bond acceptors (Lipinski definition) is 3. The van der Waals surface area contributed by atoms with E-state index in [0.717, 1.165) is 19.3 Å². The van der Waals surface area contributed by atoms with Crippen LogP contribution in [0.2, 0.25) is 0 Å². The first-order valence-electron chi connectivity index (χ1n) is 5.26. The molecule has 2 rings (SSSR count). The zero-order chi connectivity index (χ0) is 12.4. The van der Waals surface area contributed by atoms with Gasteiger partial charge in [-0.1, -0.05) is 5.16 Å². The number of nitrogens with zero attached hydrogens (tertiary/aromatic N) is 1. The summed E-state index contributed by atoms with van der Waals surface area (Å²) in [7, 11) is 0. The molecule has 0 spiro atoms. The zero-order valence-electron chi connectivity index (χ0n) is 8.99. The van der Waals surface area contributed by atoms with E-state index in [1.807, 2.05) is 0 Å². The van der Waals surface area contributed by atoms with Gasteiger partial charge >= 0.3 is 0 Å². The van der Waals surface area contributed by atoms with Crippen molar-refractivity contribution in [3.8, 4) is 5.75 Å². The van der Waals surface area contributed by atoms with Crippen LogP contribution >= 0.6 is 15.9 Å². The smallest absolute Gasteiger partial charge is 0.179 e. The lowest BCUT2D eigenvalue weighted by Crippen LogP contribution is -2.25. The molecule has 0 heterocycles. The Hall–Kier alpha value is -1.30. The Morgan fingerprint density at radius 2 is 2.24 bits per heavy atom. The monoisotopic (exact) mass is 302 g/mol. The molecule has 0 aromatic heterocycles. The predicted octanol–water partition coefficient (Wildman–Crippen LogP) is 2.61. The van der Waals surface area contributed by atoms with E-state index in [4.69, 9.17) is 15.7 Å². The summed E-state index contributed by atoms with van der Waals surface area (Å²) in [5.41, 5.74) is 5.71. The highest BCUT2D eigenvalue weighted by Crippen LogP contribution is 2.32. The van der Waals surface area contributed by atoms with Crippen molar-refractivity contribution in [2.45, 2.75) is 25.4 Å². The van der Waals surface area contributed by atoms with Crippen molar-refractivity contribution in [1.82, 2.24) is 0 Å². The Labute approximate surface area is 106 Å². The van der Waals surface area contributed by atoms with Crippen LogP contribution < -0.4 is 10.5 Å². The number of oxime groups is 1. The third kappa shape index (κ3) is 2.36. The van der Waals surface area contributed by atoms with Crippen LogP contribution in [0.4, 0.5) is 4.39 Å². The van der Waals surface area contributed by atoms with Crippen LogP contribution in [0.5, 0.6) is 5.75 Å². The van der Waals surface area contributed by atoms with Crippen molar-refractivity contribution in [3.63, 3.8) is 0 Å².